The maximum atomic E-state index is 11.7. The lowest BCUT2D eigenvalue weighted by molar-refractivity contribution is -0.126. The van der Waals surface area contributed by atoms with Crippen molar-refractivity contribution in [3.8, 4) is 0 Å². The van der Waals surface area contributed by atoms with E-state index in [1.54, 1.807) is 4.90 Å². The highest BCUT2D eigenvalue weighted by molar-refractivity contribution is 7.80. The van der Waals surface area contributed by atoms with Crippen LogP contribution in [0.15, 0.2) is 0 Å². The minimum atomic E-state index is -0.124. The Morgan fingerprint density at radius 2 is 2.13 bits per heavy atom. The van der Waals surface area contributed by atoms with Crippen LogP contribution in [-0.2, 0) is 4.79 Å². The van der Waals surface area contributed by atoms with Gasteiger partial charge in [0.1, 0.15) is 6.04 Å². The average molecular weight is 226 g/mol. The second kappa shape index (κ2) is 4.47. The van der Waals surface area contributed by atoms with Gasteiger partial charge in [0.2, 0.25) is 0 Å². The summed E-state index contributed by atoms with van der Waals surface area (Å²) < 4.78 is 0. The van der Waals surface area contributed by atoms with Crippen LogP contribution in [0.5, 0.6) is 0 Å². The van der Waals surface area contributed by atoms with Gasteiger partial charge in [0.15, 0.2) is 5.11 Å². The number of carbonyl (C=O) groups is 1. The Labute approximate surface area is 96.2 Å². The molecule has 1 heterocycles. The second-order valence-electron chi connectivity index (χ2n) is 4.60. The predicted molar refractivity (Wildman–Crippen MR) is 63.5 cm³/mol. The van der Waals surface area contributed by atoms with Crippen LogP contribution < -0.4 is 5.32 Å². The van der Waals surface area contributed by atoms with Crippen molar-refractivity contribution in [1.29, 1.82) is 0 Å². The Morgan fingerprint density at radius 3 is 2.67 bits per heavy atom. The number of nitrogens with zero attached hydrogens (tertiary/aromatic N) is 1. The standard InChI is InChI=1S/C11H18N2OS/c1-8-10(14)13(11(15)12-8)7-6-9-4-2-3-5-9/h8-9H,2-7H2,1H3,(H,12,15)/t8-/m0/s1. The minimum Gasteiger partial charge on any atom is -0.351 e. The third kappa shape index (κ3) is 2.30. The van der Waals surface area contributed by atoms with Crippen LogP contribution >= 0.6 is 12.2 Å². The molecule has 4 heteroatoms. The van der Waals surface area contributed by atoms with Gasteiger partial charge in [-0.25, -0.2) is 0 Å². The summed E-state index contributed by atoms with van der Waals surface area (Å²) in [6, 6.07) is -0.124. The molecule has 1 saturated heterocycles. The number of hydrogen-bond donors (Lipinski definition) is 1. The third-order valence-electron chi connectivity index (χ3n) is 3.46. The van der Waals surface area contributed by atoms with E-state index in [4.69, 9.17) is 12.2 Å². The summed E-state index contributed by atoms with van der Waals surface area (Å²) >= 11 is 5.13. The summed E-state index contributed by atoms with van der Waals surface area (Å²) in [5.41, 5.74) is 0. The van der Waals surface area contributed by atoms with Crippen molar-refractivity contribution >= 4 is 23.2 Å². The van der Waals surface area contributed by atoms with E-state index in [9.17, 15) is 4.79 Å². The molecule has 0 radical (unpaired) electrons. The molecule has 0 aromatic heterocycles. The van der Waals surface area contributed by atoms with Gasteiger partial charge in [-0.05, 0) is 31.5 Å². The lowest BCUT2D eigenvalue weighted by Gasteiger charge is -2.17. The lowest BCUT2D eigenvalue weighted by atomic mass is 10.0. The van der Waals surface area contributed by atoms with Crippen molar-refractivity contribution < 1.29 is 4.79 Å². The van der Waals surface area contributed by atoms with Crippen LogP contribution in [0.2, 0.25) is 0 Å². The number of hydrogen-bond acceptors (Lipinski definition) is 2. The van der Waals surface area contributed by atoms with Crippen molar-refractivity contribution in [3.63, 3.8) is 0 Å². The normalized spacial score (nSPS) is 27.5. The molecule has 0 spiro atoms. The number of nitrogens with one attached hydrogen (secondary N) is 1. The summed E-state index contributed by atoms with van der Waals surface area (Å²) in [5, 5.41) is 3.62. The molecule has 84 valence electrons. The zero-order valence-electron chi connectivity index (χ0n) is 9.16. The SMILES string of the molecule is C[C@@H]1NC(=S)N(CCC2CCCC2)C1=O. The van der Waals surface area contributed by atoms with E-state index in [0.717, 1.165) is 18.9 Å². The molecule has 15 heavy (non-hydrogen) atoms. The van der Waals surface area contributed by atoms with Crippen LogP contribution in [0.25, 0.3) is 0 Å². The van der Waals surface area contributed by atoms with Crippen LogP contribution in [0.1, 0.15) is 39.0 Å². The van der Waals surface area contributed by atoms with Gasteiger partial charge in [-0.3, -0.25) is 9.69 Å². The first-order valence-corrected chi connectivity index (χ1v) is 6.21. The fourth-order valence-corrected chi connectivity index (χ4v) is 2.84. The van der Waals surface area contributed by atoms with Crippen LogP contribution in [0, 0.1) is 5.92 Å². The molecule has 2 fully saturated rings. The van der Waals surface area contributed by atoms with Gasteiger partial charge in [0.05, 0.1) is 0 Å². The quantitative estimate of drug-likeness (QED) is 0.743. The Kier molecular flexibility index (Phi) is 3.24. The molecule has 1 aliphatic heterocycles. The Bertz CT molecular complexity index is 274. The average Bonchev–Trinajstić information content (AvgIpc) is 2.76. The van der Waals surface area contributed by atoms with E-state index >= 15 is 0 Å². The van der Waals surface area contributed by atoms with E-state index in [1.807, 2.05) is 6.92 Å². The maximum absolute atomic E-state index is 11.7. The van der Waals surface area contributed by atoms with Gasteiger partial charge in [0.25, 0.3) is 5.91 Å². The molecule has 0 bridgehead atoms. The molecule has 2 aliphatic rings. The molecule has 1 aliphatic carbocycles. The molecule has 0 aromatic rings. The van der Waals surface area contributed by atoms with E-state index in [2.05, 4.69) is 5.32 Å². The topological polar surface area (TPSA) is 32.3 Å². The number of rotatable bonds is 3. The molecule has 1 saturated carbocycles. The largest absolute Gasteiger partial charge is 0.351 e. The first kappa shape index (κ1) is 10.9. The fourth-order valence-electron chi connectivity index (χ4n) is 2.48. The van der Waals surface area contributed by atoms with E-state index < -0.39 is 0 Å². The Hall–Kier alpha value is -0.640. The monoisotopic (exact) mass is 226 g/mol. The summed E-state index contributed by atoms with van der Waals surface area (Å²) in [6.45, 7) is 2.67. The van der Waals surface area contributed by atoms with E-state index in [0.29, 0.717) is 5.11 Å². The van der Waals surface area contributed by atoms with Crippen molar-refractivity contribution in [2.24, 2.45) is 5.92 Å². The molecule has 1 amide bonds. The highest BCUT2D eigenvalue weighted by Gasteiger charge is 2.32. The zero-order valence-corrected chi connectivity index (χ0v) is 9.98. The Balaban J connectivity index is 1.83. The summed E-state index contributed by atoms with van der Waals surface area (Å²) in [5.74, 6) is 0.953. The molecular weight excluding hydrogens is 208 g/mol. The van der Waals surface area contributed by atoms with Gasteiger partial charge >= 0.3 is 0 Å². The summed E-state index contributed by atoms with van der Waals surface area (Å²) in [7, 11) is 0. The molecule has 0 aromatic carbocycles. The number of carbonyl (C=O) groups excluding carboxylic acids is 1. The third-order valence-corrected chi connectivity index (χ3v) is 3.80. The van der Waals surface area contributed by atoms with Gasteiger partial charge in [-0.2, -0.15) is 0 Å². The number of amides is 1. The molecule has 3 nitrogen and oxygen atoms in total. The molecule has 1 atom stereocenters. The summed E-state index contributed by atoms with van der Waals surface area (Å²) in [4.78, 5) is 13.4. The maximum Gasteiger partial charge on any atom is 0.250 e. The minimum absolute atomic E-state index is 0.124. The second-order valence-corrected chi connectivity index (χ2v) is 4.99. The van der Waals surface area contributed by atoms with Crippen molar-refractivity contribution in [2.75, 3.05) is 6.54 Å². The van der Waals surface area contributed by atoms with Crippen molar-refractivity contribution in [3.05, 3.63) is 0 Å². The molecule has 1 N–H and O–H groups in total. The lowest BCUT2D eigenvalue weighted by Crippen LogP contribution is -2.32. The smallest absolute Gasteiger partial charge is 0.250 e. The van der Waals surface area contributed by atoms with Gasteiger partial charge < -0.3 is 5.32 Å². The predicted octanol–water partition coefficient (Wildman–Crippen LogP) is 1.67. The van der Waals surface area contributed by atoms with Crippen molar-refractivity contribution in [2.45, 2.75) is 45.1 Å². The zero-order chi connectivity index (χ0) is 10.8. The molecule has 2 rings (SSSR count). The van der Waals surface area contributed by atoms with Gasteiger partial charge in [-0.15, -0.1) is 0 Å². The van der Waals surface area contributed by atoms with E-state index in [-0.39, 0.29) is 11.9 Å². The number of thiocarbonyl (C=S) groups is 1. The van der Waals surface area contributed by atoms with Crippen LogP contribution in [0.4, 0.5) is 0 Å². The highest BCUT2D eigenvalue weighted by Crippen LogP contribution is 2.27. The Morgan fingerprint density at radius 1 is 1.47 bits per heavy atom. The van der Waals surface area contributed by atoms with Crippen LogP contribution in [-0.4, -0.2) is 28.5 Å². The van der Waals surface area contributed by atoms with Crippen molar-refractivity contribution in [1.82, 2.24) is 10.2 Å². The molecular formula is C11H18N2OS. The van der Waals surface area contributed by atoms with Gasteiger partial charge in [0, 0.05) is 6.54 Å². The van der Waals surface area contributed by atoms with E-state index in [1.165, 1.54) is 25.7 Å². The first-order valence-electron chi connectivity index (χ1n) is 5.80. The summed E-state index contributed by atoms with van der Waals surface area (Å²) in [6.07, 6.45) is 6.49. The first-order chi connectivity index (χ1) is 7.18. The fraction of sp³-hybridized carbons (Fsp3) is 0.818. The molecule has 0 unspecified atom stereocenters. The van der Waals surface area contributed by atoms with Crippen LogP contribution in [0.3, 0.4) is 0 Å². The van der Waals surface area contributed by atoms with Gasteiger partial charge in [-0.1, -0.05) is 25.7 Å². The highest BCUT2D eigenvalue weighted by atomic mass is 32.1.